The first-order valence-corrected chi connectivity index (χ1v) is 8.91. The van der Waals surface area contributed by atoms with Crippen LogP contribution >= 0.6 is 0 Å². The molecular weight excluding hydrogens is 366 g/mol. The molecule has 0 radical (unpaired) electrons. The summed E-state index contributed by atoms with van der Waals surface area (Å²) in [6.45, 7) is 2.98. The van der Waals surface area contributed by atoms with E-state index in [1.807, 2.05) is 30.3 Å². The van der Waals surface area contributed by atoms with Gasteiger partial charge in [-0.1, -0.05) is 44.2 Å². The zero-order valence-electron chi connectivity index (χ0n) is 16.3. The molecule has 3 N–H and O–H groups in total. The Morgan fingerprint density at radius 2 is 1.82 bits per heavy atom. The molecule has 1 aromatic carbocycles. The highest BCUT2D eigenvalue weighted by molar-refractivity contribution is 5.93. The molecule has 0 heterocycles. The number of rotatable bonds is 9. The van der Waals surface area contributed by atoms with Crippen molar-refractivity contribution < 1.29 is 29.0 Å². The fourth-order valence-electron chi connectivity index (χ4n) is 2.18. The lowest BCUT2D eigenvalue weighted by Crippen LogP contribution is -2.45. The van der Waals surface area contributed by atoms with Crippen molar-refractivity contribution in [1.29, 1.82) is 5.41 Å². The van der Waals surface area contributed by atoms with Crippen molar-refractivity contribution in [2.45, 2.75) is 39.4 Å². The molecule has 0 saturated carbocycles. The van der Waals surface area contributed by atoms with Gasteiger partial charge in [-0.15, -0.1) is 0 Å². The van der Waals surface area contributed by atoms with Crippen molar-refractivity contribution in [2.24, 2.45) is 5.92 Å². The zero-order chi connectivity index (χ0) is 21.1. The number of likely N-dealkylation sites (N-methyl/N-ethyl adjacent to an activating group) is 1. The first-order chi connectivity index (χ1) is 13.2. The Hall–Kier alpha value is -3.10. The quantitative estimate of drug-likeness (QED) is 0.254. The molecule has 0 spiro atoms. The Morgan fingerprint density at radius 3 is 2.39 bits per heavy atom. The number of carbonyl (C=O) groups excluding carboxylic acids is 2. The van der Waals surface area contributed by atoms with Crippen LogP contribution in [-0.4, -0.2) is 53.9 Å². The van der Waals surface area contributed by atoms with Crippen molar-refractivity contribution in [3.05, 3.63) is 35.9 Å². The van der Waals surface area contributed by atoms with E-state index in [1.54, 1.807) is 13.8 Å². The van der Waals surface area contributed by atoms with Gasteiger partial charge in [-0.3, -0.25) is 20.3 Å². The van der Waals surface area contributed by atoms with Crippen LogP contribution in [0.1, 0.15) is 32.3 Å². The van der Waals surface area contributed by atoms with E-state index in [4.69, 9.17) is 20.0 Å². The molecule has 28 heavy (non-hydrogen) atoms. The summed E-state index contributed by atoms with van der Waals surface area (Å²) in [7, 11) is 1.34. The second-order valence-electron chi connectivity index (χ2n) is 6.57. The normalized spacial score (nSPS) is 11.4. The van der Waals surface area contributed by atoms with E-state index >= 15 is 0 Å². The maximum absolute atomic E-state index is 12.0. The number of hydrogen-bond acceptors (Lipinski definition) is 6. The summed E-state index contributed by atoms with van der Waals surface area (Å²) in [6.07, 6.45) is -0.596. The average molecular weight is 393 g/mol. The van der Waals surface area contributed by atoms with Gasteiger partial charge in [-0.05, 0) is 18.4 Å². The summed E-state index contributed by atoms with van der Waals surface area (Å²) in [6, 6.07) is 9.74. The Balaban J connectivity index is 2.44. The molecule has 0 aliphatic rings. The number of carboxylic acids is 1. The molecule has 0 aliphatic heterocycles. The van der Waals surface area contributed by atoms with Crippen LogP contribution in [0.3, 0.4) is 0 Å². The maximum atomic E-state index is 12.0. The Kier molecular flexibility index (Phi) is 9.49. The third kappa shape index (κ3) is 9.02. The number of guanidine groups is 1. The molecule has 1 amide bonds. The summed E-state index contributed by atoms with van der Waals surface area (Å²) in [5, 5.41) is 18.4. The number of esters is 1. The summed E-state index contributed by atoms with van der Waals surface area (Å²) < 4.78 is 10.3. The number of nitrogens with one attached hydrogen (secondary N) is 2. The van der Waals surface area contributed by atoms with Crippen LogP contribution in [0, 0.1) is 11.3 Å². The van der Waals surface area contributed by atoms with Crippen LogP contribution in [0.2, 0.25) is 0 Å². The molecule has 0 aliphatic carbocycles. The van der Waals surface area contributed by atoms with Crippen LogP contribution in [0.25, 0.3) is 0 Å². The maximum Gasteiger partial charge on any atom is 0.417 e. The van der Waals surface area contributed by atoms with E-state index in [1.165, 1.54) is 7.05 Å². The molecule has 9 heteroatoms. The van der Waals surface area contributed by atoms with Crippen molar-refractivity contribution in [3.63, 3.8) is 0 Å². The summed E-state index contributed by atoms with van der Waals surface area (Å²) in [4.78, 5) is 35.6. The lowest BCUT2D eigenvalue weighted by atomic mass is 10.1. The lowest BCUT2D eigenvalue weighted by molar-refractivity contribution is -0.174. The number of ether oxygens (including phenoxy) is 2. The summed E-state index contributed by atoms with van der Waals surface area (Å²) >= 11 is 0. The molecule has 0 aromatic heterocycles. The number of hydrogen-bond donors (Lipinski definition) is 3. The SMILES string of the molecule is CC(C)C(OC(=O)CCCc1ccccc1)OC(=O)NC(=N)N(C)CC(=O)O. The monoisotopic (exact) mass is 393 g/mol. The average Bonchev–Trinajstić information content (AvgIpc) is 2.61. The van der Waals surface area contributed by atoms with Gasteiger partial charge in [0.25, 0.3) is 6.29 Å². The predicted octanol–water partition coefficient (Wildman–Crippen LogP) is 2.21. The van der Waals surface area contributed by atoms with Gasteiger partial charge in [0.1, 0.15) is 6.54 Å². The van der Waals surface area contributed by atoms with Gasteiger partial charge in [-0.25, -0.2) is 4.79 Å². The highest BCUT2D eigenvalue weighted by atomic mass is 16.7. The van der Waals surface area contributed by atoms with E-state index in [9.17, 15) is 14.4 Å². The van der Waals surface area contributed by atoms with Crippen molar-refractivity contribution in [2.75, 3.05) is 13.6 Å². The highest BCUT2D eigenvalue weighted by Crippen LogP contribution is 2.12. The van der Waals surface area contributed by atoms with Gasteiger partial charge in [-0.2, -0.15) is 0 Å². The number of amides is 1. The van der Waals surface area contributed by atoms with E-state index in [0.29, 0.717) is 6.42 Å². The molecule has 9 nitrogen and oxygen atoms in total. The van der Waals surface area contributed by atoms with Crippen LogP contribution < -0.4 is 5.32 Å². The van der Waals surface area contributed by atoms with Gasteiger partial charge in [0, 0.05) is 19.4 Å². The van der Waals surface area contributed by atoms with Crippen LogP contribution in [0.15, 0.2) is 30.3 Å². The van der Waals surface area contributed by atoms with Crippen LogP contribution in [0.4, 0.5) is 4.79 Å². The Labute approximate surface area is 164 Å². The van der Waals surface area contributed by atoms with Gasteiger partial charge in [0.2, 0.25) is 5.96 Å². The number of carboxylic acid groups (broad SMARTS) is 1. The number of nitrogens with zero attached hydrogens (tertiary/aromatic N) is 1. The fraction of sp³-hybridized carbons (Fsp3) is 0.474. The highest BCUT2D eigenvalue weighted by Gasteiger charge is 2.23. The standard InChI is InChI=1S/C19H27N3O6/c1-13(2)17(28-19(26)21-18(20)22(3)12-15(23)24)27-16(25)11-7-10-14-8-5-4-6-9-14/h4-6,8-9,13,17H,7,10-12H2,1-3H3,(H,23,24)(H2,20,21,26). The lowest BCUT2D eigenvalue weighted by Gasteiger charge is -2.23. The van der Waals surface area contributed by atoms with Crippen molar-refractivity contribution in [3.8, 4) is 0 Å². The van der Waals surface area contributed by atoms with Crippen molar-refractivity contribution >= 4 is 24.0 Å². The third-order valence-corrected chi connectivity index (χ3v) is 3.68. The number of aryl methyl sites for hydroxylation is 1. The molecule has 0 saturated heterocycles. The van der Waals surface area contributed by atoms with Gasteiger partial charge in [0.15, 0.2) is 0 Å². The molecule has 1 rings (SSSR count). The molecule has 1 unspecified atom stereocenters. The Bertz CT molecular complexity index is 678. The molecule has 0 fully saturated rings. The minimum Gasteiger partial charge on any atom is -0.480 e. The first-order valence-electron chi connectivity index (χ1n) is 8.91. The van der Waals surface area contributed by atoms with Gasteiger partial charge < -0.3 is 19.5 Å². The van der Waals surface area contributed by atoms with Crippen molar-refractivity contribution in [1.82, 2.24) is 10.2 Å². The van der Waals surface area contributed by atoms with Crippen LogP contribution in [0.5, 0.6) is 0 Å². The Morgan fingerprint density at radius 1 is 1.18 bits per heavy atom. The smallest absolute Gasteiger partial charge is 0.417 e. The van der Waals surface area contributed by atoms with E-state index in [0.717, 1.165) is 16.9 Å². The minimum absolute atomic E-state index is 0.181. The number of benzene rings is 1. The molecule has 154 valence electrons. The zero-order valence-corrected chi connectivity index (χ0v) is 16.3. The number of alkyl carbamates (subject to hydrolysis) is 1. The number of carbonyl (C=O) groups is 3. The molecule has 0 bridgehead atoms. The summed E-state index contributed by atoms with van der Waals surface area (Å²) in [5.41, 5.74) is 1.12. The first kappa shape index (κ1) is 22.9. The topological polar surface area (TPSA) is 129 Å². The van der Waals surface area contributed by atoms with Gasteiger partial charge in [0.05, 0.1) is 0 Å². The fourth-order valence-corrected chi connectivity index (χ4v) is 2.18. The van der Waals surface area contributed by atoms with E-state index in [-0.39, 0.29) is 12.3 Å². The van der Waals surface area contributed by atoms with E-state index < -0.39 is 36.8 Å². The largest absolute Gasteiger partial charge is 0.480 e. The minimum atomic E-state index is -1.15. The second-order valence-corrected chi connectivity index (χ2v) is 6.57. The predicted molar refractivity (Wildman–Crippen MR) is 102 cm³/mol. The second kappa shape index (κ2) is 11.6. The van der Waals surface area contributed by atoms with E-state index in [2.05, 4.69) is 5.32 Å². The molecule has 1 aromatic rings. The molecular formula is C19H27N3O6. The van der Waals surface area contributed by atoms with Gasteiger partial charge >= 0.3 is 18.0 Å². The summed E-state index contributed by atoms with van der Waals surface area (Å²) in [5.74, 6) is -2.37. The molecule has 1 atom stereocenters. The number of aliphatic carboxylic acids is 1. The van der Waals surface area contributed by atoms with Crippen LogP contribution in [-0.2, 0) is 25.5 Å². The third-order valence-electron chi connectivity index (χ3n) is 3.68.